The minimum Gasteiger partial charge on any atom is -0.392 e. The normalized spacial score (nSPS) is 10.5. The molecule has 0 saturated carbocycles. The van der Waals surface area contributed by atoms with Crippen molar-refractivity contribution < 1.29 is 5.11 Å². The van der Waals surface area contributed by atoms with Crippen LogP contribution in [0.15, 0.2) is 30.6 Å². The molecule has 0 spiro atoms. The van der Waals surface area contributed by atoms with E-state index in [4.69, 9.17) is 16.7 Å². The largest absolute Gasteiger partial charge is 0.392 e. The fourth-order valence-electron chi connectivity index (χ4n) is 1.88. The summed E-state index contributed by atoms with van der Waals surface area (Å²) < 4.78 is 0. The Bertz CT molecular complexity index is 560. The van der Waals surface area contributed by atoms with Gasteiger partial charge in [0.1, 0.15) is 17.3 Å². The van der Waals surface area contributed by atoms with E-state index in [0.717, 1.165) is 28.9 Å². The zero-order valence-corrected chi connectivity index (χ0v) is 11.5. The summed E-state index contributed by atoms with van der Waals surface area (Å²) in [5, 5.41) is 12.9. The summed E-state index contributed by atoms with van der Waals surface area (Å²) in [5.74, 6) is 0.761. The zero-order valence-electron chi connectivity index (χ0n) is 10.7. The first kappa shape index (κ1) is 13.8. The highest BCUT2D eigenvalue weighted by Crippen LogP contribution is 2.20. The van der Waals surface area contributed by atoms with Crippen LogP contribution in [0, 0.1) is 0 Å². The van der Waals surface area contributed by atoms with Gasteiger partial charge in [-0.1, -0.05) is 42.8 Å². The third-order valence-electron chi connectivity index (χ3n) is 2.88. The smallest absolute Gasteiger partial charge is 0.137 e. The van der Waals surface area contributed by atoms with E-state index in [0.29, 0.717) is 11.7 Å². The van der Waals surface area contributed by atoms with E-state index in [-0.39, 0.29) is 6.61 Å². The Morgan fingerprint density at radius 3 is 2.79 bits per heavy atom. The summed E-state index contributed by atoms with van der Waals surface area (Å²) in [5.41, 5.74) is 2.90. The third kappa shape index (κ3) is 3.43. The third-order valence-corrected chi connectivity index (χ3v) is 3.21. The molecule has 2 N–H and O–H groups in total. The molecule has 0 radical (unpaired) electrons. The molecule has 2 aromatic rings. The lowest BCUT2D eigenvalue weighted by molar-refractivity contribution is 0.281. The van der Waals surface area contributed by atoms with Gasteiger partial charge in [0.05, 0.1) is 6.61 Å². The van der Waals surface area contributed by atoms with Crippen LogP contribution in [0.3, 0.4) is 0 Å². The average molecular weight is 278 g/mol. The van der Waals surface area contributed by atoms with Crippen LogP contribution in [0.5, 0.6) is 0 Å². The molecule has 1 aromatic carbocycles. The van der Waals surface area contributed by atoms with Crippen molar-refractivity contribution in [3.63, 3.8) is 0 Å². The van der Waals surface area contributed by atoms with Crippen molar-refractivity contribution in [3.05, 3.63) is 52.4 Å². The van der Waals surface area contributed by atoms with Crippen molar-refractivity contribution in [2.24, 2.45) is 0 Å². The van der Waals surface area contributed by atoms with Crippen LogP contribution in [0.25, 0.3) is 0 Å². The summed E-state index contributed by atoms with van der Waals surface area (Å²) in [7, 11) is 0. The van der Waals surface area contributed by atoms with Crippen LogP contribution in [-0.4, -0.2) is 15.1 Å². The first-order chi connectivity index (χ1) is 9.24. The lowest BCUT2D eigenvalue weighted by Gasteiger charge is -2.11. The molecular weight excluding hydrogens is 262 g/mol. The number of aliphatic hydroxyl groups is 1. The van der Waals surface area contributed by atoms with Gasteiger partial charge in [-0.05, 0) is 17.5 Å². The Morgan fingerprint density at radius 2 is 2.05 bits per heavy atom. The van der Waals surface area contributed by atoms with E-state index in [1.807, 2.05) is 31.2 Å². The summed E-state index contributed by atoms with van der Waals surface area (Å²) in [4.78, 5) is 8.19. The van der Waals surface area contributed by atoms with Gasteiger partial charge in [-0.25, -0.2) is 9.97 Å². The lowest BCUT2D eigenvalue weighted by Crippen LogP contribution is -2.06. The van der Waals surface area contributed by atoms with Crippen molar-refractivity contribution >= 4 is 17.4 Å². The summed E-state index contributed by atoms with van der Waals surface area (Å²) in [6, 6.07) is 7.78. The van der Waals surface area contributed by atoms with Gasteiger partial charge in [0.15, 0.2) is 0 Å². The average Bonchev–Trinajstić information content (AvgIpc) is 2.45. The van der Waals surface area contributed by atoms with Gasteiger partial charge < -0.3 is 10.4 Å². The van der Waals surface area contributed by atoms with Gasteiger partial charge in [-0.15, -0.1) is 0 Å². The molecule has 5 heteroatoms. The highest BCUT2D eigenvalue weighted by atomic mass is 35.5. The highest BCUT2D eigenvalue weighted by molar-refractivity contribution is 6.30. The second-order valence-corrected chi connectivity index (χ2v) is 4.53. The van der Waals surface area contributed by atoms with Gasteiger partial charge >= 0.3 is 0 Å². The Kier molecular flexibility index (Phi) is 4.71. The van der Waals surface area contributed by atoms with E-state index in [2.05, 4.69) is 15.3 Å². The Labute approximate surface area is 117 Å². The predicted octanol–water partition coefficient (Wildman–Crippen LogP) is 2.80. The first-order valence-electron chi connectivity index (χ1n) is 6.16. The number of hydrogen-bond donors (Lipinski definition) is 2. The van der Waals surface area contributed by atoms with E-state index in [1.54, 1.807) is 0 Å². The van der Waals surface area contributed by atoms with Crippen LogP contribution in [0.1, 0.15) is 23.6 Å². The predicted molar refractivity (Wildman–Crippen MR) is 76.1 cm³/mol. The molecule has 0 atom stereocenters. The number of hydrogen-bond acceptors (Lipinski definition) is 4. The monoisotopic (exact) mass is 277 g/mol. The number of aliphatic hydroxyl groups excluding tert-OH is 1. The topological polar surface area (TPSA) is 58.0 Å². The maximum atomic E-state index is 9.11. The molecule has 100 valence electrons. The molecule has 19 heavy (non-hydrogen) atoms. The van der Waals surface area contributed by atoms with E-state index < -0.39 is 0 Å². The van der Waals surface area contributed by atoms with E-state index in [9.17, 15) is 0 Å². The quantitative estimate of drug-likeness (QED) is 0.825. The molecule has 0 unspecified atom stereocenters. The van der Waals surface area contributed by atoms with Gasteiger partial charge in [0.2, 0.25) is 0 Å². The second-order valence-electron chi connectivity index (χ2n) is 4.18. The number of aromatic nitrogens is 2. The van der Waals surface area contributed by atoms with Crippen molar-refractivity contribution in [1.29, 1.82) is 0 Å². The zero-order chi connectivity index (χ0) is 13.7. The Morgan fingerprint density at radius 1 is 1.26 bits per heavy atom. The molecule has 0 saturated heterocycles. The van der Waals surface area contributed by atoms with Crippen molar-refractivity contribution in [2.45, 2.75) is 26.5 Å². The molecule has 0 amide bonds. The summed E-state index contributed by atoms with van der Waals surface area (Å²) in [6.07, 6.45) is 2.23. The summed E-state index contributed by atoms with van der Waals surface area (Å²) in [6.45, 7) is 2.70. The molecule has 2 rings (SSSR count). The van der Waals surface area contributed by atoms with E-state index >= 15 is 0 Å². The molecule has 0 fully saturated rings. The highest BCUT2D eigenvalue weighted by Gasteiger charge is 2.07. The Hall–Kier alpha value is -1.65. The first-order valence-corrected chi connectivity index (χ1v) is 6.54. The van der Waals surface area contributed by atoms with Crippen LogP contribution in [0.2, 0.25) is 5.15 Å². The molecule has 1 aromatic heterocycles. The number of halogens is 1. The van der Waals surface area contributed by atoms with Crippen LogP contribution in [0.4, 0.5) is 5.82 Å². The Balaban J connectivity index is 2.12. The molecule has 0 aliphatic heterocycles. The SMILES string of the molecule is CCc1c(Cl)ncnc1NCc1cccc(CO)c1. The number of anilines is 1. The molecule has 0 bridgehead atoms. The van der Waals surface area contributed by atoms with Crippen molar-refractivity contribution in [2.75, 3.05) is 5.32 Å². The van der Waals surface area contributed by atoms with E-state index in [1.165, 1.54) is 6.33 Å². The number of benzene rings is 1. The van der Waals surface area contributed by atoms with Gasteiger partial charge in [0, 0.05) is 12.1 Å². The van der Waals surface area contributed by atoms with Gasteiger partial charge in [-0.2, -0.15) is 0 Å². The fraction of sp³-hybridized carbons (Fsp3) is 0.286. The van der Waals surface area contributed by atoms with Crippen LogP contribution in [-0.2, 0) is 19.6 Å². The molecule has 1 heterocycles. The second kappa shape index (κ2) is 6.50. The lowest BCUT2D eigenvalue weighted by atomic mass is 10.1. The number of nitrogens with one attached hydrogen (secondary N) is 1. The molecule has 0 aliphatic carbocycles. The van der Waals surface area contributed by atoms with Crippen LogP contribution < -0.4 is 5.32 Å². The standard InChI is InChI=1S/C14H16ClN3O/c1-2-12-13(15)17-9-18-14(12)16-7-10-4-3-5-11(6-10)8-19/h3-6,9,19H,2,7-8H2,1H3,(H,16,17,18). The van der Waals surface area contributed by atoms with Crippen LogP contribution >= 0.6 is 11.6 Å². The minimum absolute atomic E-state index is 0.0490. The molecule has 4 nitrogen and oxygen atoms in total. The summed E-state index contributed by atoms with van der Waals surface area (Å²) >= 11 is 6.03. The minimum atomic E-state index is 0.0490. The van der Waals surface area contributed by atoms with Crippen molar-refractivity contribution in [3.8, 4) is 0 Å². The molecular formula is C14H16ClN3O. The number of rotatable bonds is 5. The molecule has 0 aliphatic rings. The number of nitrogens with zero attached hydrogens (tertiary/aromatic N) is 2. The maximum absolute atomic E-state index is 9.11. The fourth-order valence-corrected chi connectivity index (χ4v) is 2.15. The maximum Gasteiger partial charge on any atom is 0.137 e. The van der Waals surface area contributed by atoms with Crippen molar-refractivity contribution in [1.82, 2.24) is 9.97 Å². The van der Waals surface area contributed by atoms with Gasteiger partial charge in [0.25, 0.3) is 0 Å². The van der Waals surface area contributed by atoms with Gasteiger partial charge in [-0.3, -0.25) is 0 Å².